The molecular formula is C16H14N6O4S. The summed E-state index contributed by atoms with van der Waals surface area (Å²) >= 11 is 1.28. The van der Waals surface area contributed by atoms with Crippen LogP contribution in [0.15, 0.2) is 42.2 Å². The summed E-state index contributed by atoms with van der Waals surface area (Å²) in [7, 11) is 0. The van der Waals surface area contributed by atoms with Crippen LogP contribution in [0.4, 0.5) is 28.1 Å². The van der Waals surface area contributed by atoms with Crippen molar-refractivity contribution in [1.29, 1.82) is 0 Å². The van der Waals surface area contributed by atoms with Gasteiger partial charge in [0.15, 0.2) is 5.13 Å². The van der Waals surface area contributed by atoms with Crippen molar-refractivity contribution in [2.75, 3.05) is 17.2 Å². The third-order valence-electron chi connectivity index (χ3n) is 3.30. The Morgan fingerprint density at radius 2 is 2.04 bits per heavy atom. The summed E-state index contributed by atoms with van der Waals surface area (Å²) in [6, 6.07) is 6.41. The molecule has 11 heteroatoms. The molecular weight excluding hydrogens is 372 g/mol. The first-order valence-electron chi connectivity index (χ1n) is 7.78. The molecule has 1 aromatic carbocycles. The Bertz CT molecular complexity index is 963. The van der Waals surface area contributed by atoms with E-state index >= 15 is 0 Å². The highest BCUT2D eigenvalue weighted by Crippen LogP contribution is 2.33. The molecule has 10 nitrogen and oxygen atoms in total. The fourth-order valence-corrected chi connectivity index (χ4v) is 2.72. The number of carbonyl (C=O) groups excluding carboxylic acids is 1. The lowest BCUT2D eigenvalue weighted by molar-refractivity contribution is -0.383. The SMILES string of the molecule is CCOC(=O)c1cccc(Nc2ncnc(Nc3nccs3)c2[N+](=O)[O-])c1. The van der Waals surface area contributed by atoms with Crippen molar-refractivity contribution < 1.29 is 14.5 Å². The smallest absolute Gasteiger partial charge is 0.353 e. The maximum absolute atomic E-state index is 11.9. The number of benzene rings is 1. The Morgan fingerprint density at radius 1 is 1.26 bits per heavy atom. The van der Waals surface area contributed by atoms with E-state index in [0.717, 1.165) is 0 Å². The minimum absolute atomic E-state index is 0.00833. The van der Waals surface area contributed by atoms with Crippen molar-refractivity contribution in [1.82, 2.24) is 15.0 Å². The number of esters is 1. The number of nitro groups is 1. The van der Waals surface area contributed by atoms with Gasteiger partial charge in [-0.25, -0.2) is 19.7 Å². The fourth-order valence-electron chi connectivity index (χ4n) is 2.20. The highest BCUT2D eigenvalue weighted by atomic mass is 32.1. The molecule has 0 bridgehead atoms. The van der Waals surface area contributed by atoms with E-state index in [1.165, 1.54) is 23.7 Å². The van der Waals surface area contributed by atoms with Crippen LogP contribution < -0.4 is 10.6 Å². The Labute approximate surface area is 157 Å². The van der Waals surface area contributed by atoms with E-state index in [2.05, 4.69) is 25.6 Å². The zero-order chi connectivity index (χ0) is 19.2. The molecule has 0 aliphatic rings. The second-order valence-corrected chi connectivity index (χ2v) is 5.96. The first-order valence-corrected chi connectivity index (χ1v) is 8.66. The standard InChI is InChI=1S/C16H14N6O4S/c1-2-26-15(23)10-4-3-5-11(8-10)20-13-12(22(24)25)14(19-9-18-13)21-16-17-6-7-27-16/h3-9H,2H2,1H3,(H2,17,18,19,20,21). The van der Waals surface area contributed by atoms with Crippen LogP contribution in [0.2, 0.25) is 0 Å². The second-order valence-electron chi connectivity index (χ2n) is 5.07. The molecule has 0 unspecified atom stereocenters. The Hall–Kier alpha value is -3.60. The van der Waals surface area contributed by atoms with Crippen LogP contribution in [0, 0.1) is 10.1 Å². The minimum atomic E-state index is -0.590. The summed E-state index contributed by atoms with van der Waals surface area (Å²) < 4.78 is 4.96. The zero-order valence-electron chi connectivity index (χ0n) is 14.1. The van der Waals surface area contributed by atoms with Gasteiger partial charge >= 0.3 is 11.7 Å². The summed E-state index contributed by atoms with van der Waals surface area (Å²) in [4.78, 5) is 34.8. The number of ether oxygens (including phenoxy) is 1. The second kappa shape index (κ2) is 8.19. The maximum Gasteiger partial charge on any atom is 0.353 e. The monoisotopic (exact) mass is 386 g/mol. The number of aromatic nitrogens is 3. The third-order valence-corrected chi connectivity index (χ3v) is 3.99. The summed E-state index contributed by atoms with van der Waals surface area (Å²) in [6.45, 7) is 1.96. The topological polar surface area (TPSA) is 132 Å². The number of thiazole rings is 1. The lowest BCUT2D eigenvalue weighted by Gasteiger charge is -2.10. The average molecular weight is 386 g/mol. The van der Waals surface area contributed by atoms with E-state index < -0.39 is 10.9 Å². The molecule has 0 amide bonds. The van der Waals surface area contributed by atoms with E-state index in [1.54, 1.807) is 36.7 Å². The molecule has 3 aromatic rings. The van der Waals surface area contributed by atoms with Crippen molar-refractivity contribution in [3.8, 4) is 0 Å². The van der Waals surface area contributed by atoms with Crippen LogP contribution in [-0.2, 0) is 4.74 Å². The number of carbonyl (C=O) groups is 1. The molecule has 3 rings (SSSR count). The van der Waals surface area contributed by atoms with Gasteiger partial charge in [-0.3, -0.25) is 10.1 Å². The van der Waals surface area contributed by atoms with Crippen LogP contribution in [0.25, 0.3) is 0 Å². The molecule has 0 fully saturated rings. The number of rotatable bonds is 7. The predicted molar refractivity (Wildman–Crippen MR) is 99.8 cm³/mol. The van der Waals surface area contributed by atoms with E-state index in [9.17, 15) is 14.9 Å². The van der Waals surface area contributed by atoms with Crippen LogP contribution >= 0.6 is 11.3 Å². The number of hydrogen-bond acceptors (Lipinski definition) is 10. The molecule has 0 atom stereocenters. The Morgan fingerprint density at radius 3 is 2.70 bits per heavy atom. The summed E-state index contributed by atoms with van der Waals surface area (Å²) in [5.74, 6) is -0.492. The van der Waals surface area contributed by atoms with Crippen molar-refractivity contribution in [2.45, 2.75) is 6.92 Å². The average Bonchev–Trinajstić information content (AvgIpc) is 3.15. The van der Waals surface area contributed by atoms with Gasteiger partial charge in [-0.05, 0) is 25.1 Å². The third kappa shape index (κ3) is 4.33. The summed E-state index contributed by atoms with van der Waals surface area (Å²) in [5, 5.41) is 19.4. The normalized spacial score (nSPS) is 10.3. The number of nitrogens with one attached hydrogen (secondary N) is 2. The molecule has 0 aliphatic heterocycles. The largest absolute Gasteiger partial charge is 0.462 e. The van der Waals surface area contributed by atoms with Gasteiger partial charge in [0, 0.05) is 17.3 Å². The Kier molecular flexibility index (Phi) is 5.52. The molecule has 138 valence electrons. The van der Waals surface area contributed by atoms with Gasteiger partial charge in [-0.15, -0.1) is 11.3 Å². The van der Waals surface area contributed by atoms with Gasteiger partial charge in [0.05, 0.1) is 17.1 Å². The summed E-state index contributed by atoms with van der Waals surface area (Å²) in [6.07, 6.45) is 2.76. The lowest BCUT2D eigenvalue weighted by Crippen LogP contribution is -2.07. The molecule has 2 aromatic heterocycles. The number of hydrogen-bond donors (Lipinski definition) is 2. The molecule has 0 saturated carbocycles. The van der Waals surface area contributed by atoms with Gasteiger partial charge in [-0.1, -0.05) is 6.07 Å². The van der Waals surface area contributed by atoms with Gasteiger partial charge in [0.2, 0.25) is 11.6 Å². The first-order chi connectivity index (χ1) is 13.1. The van der Waals surface area contributed by atoms with Crippen molar-refractivity contribution in [3.05, 3.63) is 57.8 Å². The number of anilines is 4. The molecule has 27 heavy (non-hydrogen) atoms. The van der Waals surface area contributed by atoms with Crippen LogP contribution in [0.1, 0.15) is 17.3 Å². The first kappa shape index (κ1) is 18.2. The lowest BCUT2D eigenvalue weighted by atomic mass is 10.2. The van der Waals surface area contributed by atoms with E-state index in [-0.39, 0.29) is 23.9 Å². The number of nitrogens with zero attached hydrogens (tertiary/aromatic N) is 4. The summed E-state index contributed by atoms with van der Waals surface area (Å²) in [5.41, 5.74) is 0.427. The quantitative estimate of drug-likeness (QED) is 0.355. The highest BCUT2D eigenvalue weighted by Gasteiger charge is 2.24. The fraction of sp³-hybridized carbons (Fsp3) is 0.125. The molecule has 0 spiro atoms. The molecule has 2 N–H and O–H groups in total. The van der Waals surface area contributed by atoms with Crippen LogP contribution in [0.3, 0.4) is 0 Å². The van der Waals surface area contributed by atoms with Crippen LogP contribution in [0.5, 0.6) is 0 Å². The van der Waals surface area contributed by atoms with Crippen molar-refractivity contribution >= 4 is 45.4 Å². The van der Waals surface area contributed by atoms with E-state index in [4.69, 9.17) is 4.74 Å². The molecule has 0 radical (unpaired) electrons. The Balaban J connectivity index is 1.92. The predicted octanol–water partition coefficient (Wildman–Crippen LogP) is 3.51. The van der Waals surface area contributed by atoms with Gasteiger partial charge in [0.25, 0.3) is 0 Å². The van der Waals surface area contributed by atoms with Crippen molar-refractivity contribution in [3.63, 3.8) is 0 Å². The molecule has 2 heterocycles. The van der Waals surface area contributed by atoms with Gasteiger partial charge in [-0.2, -0.15) is 0 Å². The maximum atomic E-state index is 11.9. The van der Waals surface area contributed by atoms with Gasteiger partial charge in [0.1, 0.15) is 6.33 Å². The molecule has 0 aliphatic carbocycles. The molecule has 0 saturated heterocycles. The minimum Gasteiger partial charge on any atom is -0.462 e. The zero-order valence-corrected chi connectivity index (χ0v) is 14.9. The van der Waals surface area contributed by atoms with Crippen LogP contribution in [-0.4, -0.2) is 32.5 Å². The van der Waals surface area contributed by atoms with Crippen molar-refractivity contribution in [2.24, 2.45) is 0 Å². The highest BCUT2D eigenvalue weighted by molar-refractivity contribution is 7.13. The van der Waals surface area contributed by atoms with E-state index in [0.29, 0.717) is 16.4 Å². The van der Waals surface area contributed by atoms with E-state index in [1.807, 2.05) is 0 Å². The van der Waals surface area contributed by atoms with Gasteiger partial charge < -0.3 is 15.4 Å².